The van der Waals surface area contributed by atoms with Crippen molar-refractivity contribution in [2.75, 3.05) is 11.8 Å². The lowest BCUT2D eigenvalue weighted by Gasteiger charge is -2.30. The highest BCUT2D eigenvalue weighted by Crippen LogP contribution is 2.32. The first-order chi connectivity index (χ1) is 10.0. The summed E-state index contributed by atoms with van der Waals surface area (Å²) in [6.07, 6.45) is 0.336. The maximum atomic E-state index is 13.3. The van der Waals surface area contributed by atoms with Gasteiger partial charge in [-0.05, 0) is 41.8 Å². The van der Waals surface area contributed by atoms with Crippen LogP contribution in [0, 0.1) is 17.5 Å². The van der Waals surface area contributed by atoms with E-state index in [1.54, 1.807) is 12.1 Å². The van der Waals surface area contributed by atoms with Gasteiger partial charge in [0.15, 0.2) is 11.6 Å². The van der Waals surface area contributed by atoms with Crippen molar-refractivity contribution in [3.63, 3.8) is 0 Å². The van der Waals surface area contributed by atoms with E-state index in [1.807, 2.05) is 0 Å². The Morgan fingerprint density at radius 1 is 0.810 bits per heavy atom. The highest BCUT2D eigenvalue weighted by atomic mass is 35.5. The second-order valence-corrected chi connectivity index (χ2v) is 5.51. The van der Waals surface area contributed by atoms with Crippen molar-refractivity contribution in [2.24, 2.45) is 0 Å². The number of halogens is 5. The average Bonchev–Trinajstić information content (AvgIpc) is 2.49. The van der Waals surface area contributed by atoms with Gasteiger partial charge in [-0.15, -0.1) is 23.2 Å². The van der Waals surface area contributed by atoms with E-state index in [0.717, 1.165) is 17.7 Å². The molecule has 0 aliphatic carbocycles. The summed E-state index contributed by atoms with van der Waals surface area (Å²) in [4.78, 5) is 0. The van der Waals surface area contributed by atoms with Crippen LogP contribution in [-0.4, -0.2) is 11.8 Å². The molecule has 0 aliphatic heterocycles. The molecule has 0 heterocycles. The second kappa shape index (κ2) is 6.71. The first-order valence-electron chi connectivity index (χ1n) is 6.33. The summed E-state index contributed by atoms with van der Waals surface area (Å²) in [5.41, 5.74) is 0.680. The van der Waals surface area contributed by atoms with Gasteiger partial charge < -0.3 is 0 Å². The molecule has 2 aromatic rings. The molecule has 112 valence electrons. The zero-order chi connectivity index (χ0) is 15.5. The van der Waals surface area contributed by atoms with Gasteiger partial charge in [-0.3, -0.25) is 0 Å². The third-order valence-electron chi connectivity index (χ3n) is 3.49. The van der Waals surface area contributed by atoms with E-state index in [-0.39, 0.29) is 17.6 Å². The highest BCUT2D eigenvalue weighted by Gasteiger charge is 2.31. The molecule has 0 bridgehead atoms. The van der Waals surface area contributed by atoms with Crippen LogP contribution in [0.4, 0.5) is 13.2 Å². The monoisotopic (exact) mass is 332 g/mol. The molecule has 0 aliphatic rings. The fourth-order valence-corrected chi connectivity index (χ4v) is 3.01. The molecule has 0 spiro atoms. The van der Waals surface area contributed by atoms with Crippen molar-refractivity contribution in [1.82, 2.24) is 0 Å². The van der Waals surface area contributed by atoms with Crippen LogP contribution >= 0.6 is 23.2 Å². The molecule has 21 heavy (non-hydrogen) atoms. The van der Waals surface area contributed by atoms with Gasteiger partial charge in [0.05, 0.1) is 0 Å². The van der Waals surface area contributed by atoms with E-state index in [2.05, 4.69) is 0 Å². The lowest BCUT2D eigenvalue weighted by atomic mass is 9.78. The topological polar surface area (TPSA) is 0 Å². The van der Waals surface area contributed by atoms with Crippen molar-refractivity contribution >= 4 is 23.2 Å². The van der Waals surface area contributed by atoms with Crippen LogP contribution in [0.3, 0.4) is 0 Å². The standard InChI is InChI=1S/C16H13Cl2F3/c17-9-16(10-18,12-2-4-13(19)5-3-12)8-11-1-6-14(20)15(21)7-11/h1-7H,8-10H2. The number of alkyl halides is 2. The summed E-state index contributed by atoms with van der Waals surface area (Å²) >= 11 is 12.1. The minimum atomic E-state index is -0.912. The molecular formula is C16H13Cl2F3. The Kier molecular flexibility index (Phi) is 5.17. The predicted molar refractivity (Wildman–Crippen MR) is 79.6 cm³/mol. The van der Waals surface area contributed by atoms with Crippen molar-refractivity contribution in [3.05, 3.63) is 71.0 Å². The molecule has 0 saturated heterocycles. The van der Waals surface area contributed by atoms with E-state index >= 15 is 0 Å². The Bertz CT molecular complexity index is 607. The fourth-order valence-electron chi connectivity index (χ4n) is 2.23. The highest BCUT2D eigenvalue weighted by molar-refractivity contribution is 6.22. The third-order valence-corrected chi connectivity index (χ3v) is 4.52. The molecule has 5 heteroatoms. The van der Waals surface area contributed by atoms with Gasteiger partial charge >= 0.3 is 0 Å². The van der Waals surface area contributed by atoms with Crippen LogP contribution in [-0.2, 0) is 11.8 Å². The third kappa shape index (κ3) is 3.53. The smallest absolute Gasteiger partial charge is 0.159 e. The van der Waals surface area contributed by atoms with E-state index in [9.17, 15) is 13.2 Å². The zero-order valence-electron chi connectivity index (χ0n) is 11.1. The normalized spacial score (nSPS) is 11.7. The van der Waals surface area contributed by atoms with Crippen LogP contribution in [0.1, 0.15) is 11.1 Å². The van der Waals surface area contributed by atoms with Gasteiger partial charge in [0.1, 0.15) is 5.82 Å². The first kappa shape index (κ1) is 16.2. The predicted octanol–water partition coefficient (Wildman–Crippen LogP) is 5.06. The number of rotatable bonds is 5. The van der Waals surface area contributed by atoms with Gasteiger partial charge in [-0.25, -0.2) is 13.2 Å². The summed E-state index contributed by atoms with van der Waals surface area (Å²) in [6, 6.07) is 9.58. The Morgan fingerprint density at radius 2 is 1.43 bits per heavy atom. The largest absolute Gasteiger partial charge is 0.207 e. The number of hydrogen-bond acceptors (Lipinski definition) is 0. The Hall–Kier alpha value is -1.19. The van der Waals surface area contributed by atoms with Crippen molar-refractivity contribution < 1.29 is 13.2 Å². The lowest BCUT2D eigenvalue weighted by Crippen LogP contribution is -2.33. The van der Waals surface area contributed by atoms with Crippen LogP contribution < -0.4 is 0 Å². The molecule has 0 unspecified atom stereocenters. The van der Waals surface area contributed by atoms with Crippen molar-refractivity contribution in [3.8, 4) is 0 Å². The Balaban J connectivity index is 2.37. The zero-order valence-corrected chi connectivity index (χ0v) is 12.6. The molecule has 0 fully saturated rings. The van der Waals surface area contributed by atoms with Gasteiger partial charge in [0.25, 0.3) is 0 Å². The van der Waals surface area contributed by atoms with E-state index < -0.39 is 17.0 Å². The molecular weight excluding hydrogens is 320 g/mol. The van der Waals surface area contributed by atoms with Gasteiger partial charge in [-0.2, -0.15) is 0 Å². The SMILES string of the molecule is Fc1ccc(C(CCl)(CCl)Cc2ccc(F)c(F)c2)cc1. The van der Waals surface area contributed by atoms with Crippen molar-refractivity contribution in [1.29, 1.82) is 0 Å². The number of hydrogen-bond donors (Lipinski definition) is 0. The molecule has 0 nitrogen and oxygen atoms in total. The molecule has 0 radical (unpaired) electrons. The summed E-state index contributed by atoms with van der Waals surface area (Å²) in [6.45, 7) is 0. The van der Waals surface area contributed by atoms with Crippen LogP contribution in [0.2, 0.25) is 0 Å². The van der Waals surface area contributed by atoms with Gasteiger partial charge in [0, 0.05) is 17.2 Å². The summed E-state index contributed by atoms with van der Waals surface area (Å²) in [5.74, 6) is -1.81. The minimum absolute atomic E-state index is 0.182. The Labute approximate surface area is 131 Å². The van der Waals surface area contributed by atoms with E-state index in [4.69, 9.17) is 23.2 Å². The Morgan fingerprint density at radius 3 is 1.95 bits per heavy atom. The second-order valence-electron chi connectivity index (χ2n) is 4.98. The molecule has 0 aromatic heterocycles. The fraction of sp³-hybridized carbons (Fsp3) is 0.250. The molecule has 0 atom stereocenters. The van der Waals surface area contributed by atoms with Crippen molar-refractivity contribution in [2.45, 2.75) is 11.8 Å². The van der Waals surface area contributed by atoms with Crippen LogP contribution in [0.15, 0.2) is 42.5 Å². The minimum Gasteiger partial charge on any atom is -0.207 e. The van der Waals surface area contributed by atoms with Crippen LogP contribution in [0.25, 0.3) is 0 Å². The molecule has 0 amide bonds. The van der Waals surface area contributed by atoms with E-state index in [1.165, 1.54) is 18.2 Å². The van der Waals surface area contributed by atoms with Crippen LogP contribution in [0.5, 0.6) is 0 Å². The average molecular weight is 333 g/mol. The quantitative estimate of drug-likeness (QED) is 0.671. The number of benzene rings is 2. The first-order valence-corrected chi connectivity index (χ1v) is 7.39. The van der Waals surface area contributed by atoms with Gasteiger partial charge in [0.2, 0.25) is 0 Å². The maximum Gasteiger partial charge on any atom is 0.159 e. The van der Waals surface area contributed by atoms with Gasteiger partial charge in [-0.1, -0.05) is 18.2 Å². The molecule has 0 N–H and O–H groups in total. The molecule has 2 aromatic carbocycles. The maximum absolute atomic E-state index is 13.3. The summed E-state index contributed by atoms with van der Waals surface area (Å²) in [5, 5.41) is 0. The molecule has 2 rings (SSSR count). The summed E-state index contributed by atoms with van der Waals surface area (Å²) in [7, 11) is 0. The summed E-state index contributed by atoms with van der Waals surface area (Å²) < 4.78 is 39.4. The lowest BCUT2D eigenvalue weighted by molar-refractivity contribution is 0.498. The van der Waals surface area contributed by atoms with E-state index in [0.29, 0.717) is 12.0 Å². The molecule has 0 saturated carbocycles.